The van der Waals surface area contributed by atoms with E-state index >= 15 is 0 Å². The molecular weight excluding hydrogens is 358 g/mol. The van der Waals surface area contributed by atoms with Crippen molar-refractivity contribution in [3.63, 3.8) is 0 Å². The number of aldehydes is 1. The van der Waals surface area contributed by atoms with Crippen molar-refractivity contribution >= 4 is 24.2 Å². The molecule has 2 rings (SSSR count). The SMILES string of the molecule is O=CCOCCOCCOc1ccc(C2CCC(=O)N(C(=O)O)C2=O)cc1. The summed E-state index contributed by atoms with van der Waals surface area (Å²) in [5, 5.41) is 9.02. The molecule has 1 heterocycles. The smallest absolute Gasteiger partial charge is 0.421 e. The maximum absolute atomic E-state index is 12.2. The Morgan fingerprint density at radius 2 is 1.78 bits per heavy atom. The van der Waals surface area contributed by atoms with Gasteiger partial charge in [-0.15, -0.1) is 0 Å². The molecule has 0 spiro atoms. The molecule has 9 nitrogen and oxygen atoms in total. The highest BCUT2D eigenvalue weighted by atomic mass is 16.5. The fraction of sp³-hybridized carbons (Fsp3) is 0.444. The molecule has 0 saturated carbocycles. The fourth-order valence-electron chi connectivity index (χ4n) is 2.66. The lowest BCUT2D eigenvalue weighted by Gasteiger charge is -2.27. The van der Waals surface area contributed by atoms with Crippen LogP contribution in [0.5, 0.6) is 5.75 Å². The minimum atomic E-state index is -1.55. The Bertz CT molecular complexity index is 672. The number of carbonyl (C=O) groups excluding carboxylic acids is 3. The van der Waals surface area contributed by atoms with E-state index in [4.69, 9.17) is 19.3 Å². The van der Waals surface area contributed by atoms with E-state index in [-0.39, 0.29) is 24.3 Å². The molecule has 0 radical (unpaired) electrons. The van der Waals surface area contributed by atoms with Crippen LogP contribution in [0.15, 0.2) is 24.3 Å². The Morgan fingerprint density at radius 3 is 2.44 bits per heavy atom. The number of hydrogen-bond acceptors (Lipinski definition) is 7. The number of hydrogen-bond donors (Lipinski definition) is 1. The second-order valence-corrected chi connectivity index (χ2v) is 5.71. The summed E-state index contributed by atoms with van der Waals surface area (Å²) in [7, 11) is 0. The second-order valence-electron chi connectivity index (χ2n) is 5.71. The van der Waals surface area contributed by atoms with Crippen LogP contribution in [0.1, 0.15) is 24.3 Å². The van der Waals surface area contributed by atoms with E-state index in [2.05, 4.69) is 0 Å². The van der Waals surface area contributed by atoms with Gasteiger partial charge in [-0.2, -0.15) is 4.90 Å². The van der Waals surface area contributed by atoms with Crippen molar-refractivity contribution < 1.29 is 38.5 Å². The summed E-state index contributed by atoms with van der Waals surface area (Å²) in [6, 6.07) is 6.72. The predicted molar refractivity (Wildman–Crippen MR) is 91.5 cm³/mol. The third-order valence-electron chi connectivity index (χ3n) is 3.94. The molecule has 1 aliphatic rings. The Balaban J connectivity index is 1.79. The highest BCUT2D eigenvalue weighted by Crippen LogP contribution is 2.30. The van der Waals surface area contributed by atoms with Crippen molar-refractivity contribution in [1.82, 2.24) is 4.90 Å². The van der Waals surface area contributed by atoms with Crippen LogP contribution < -0.4 is 4.74 Å². The predicted octanol–water partition coefficient (Wildman–Crippen LogP) is 1.21. The second kappa shape index (κ2) is 10.4. The van der Waals surface area contributed by atoms with E-state index in [1.807, 2.05) is 0 Å². The van der Waals surface area contributed by atoms with Gasteiger partial charge in [0, 0.05) is 6.42 Å². The lowest BCUT2D eigenvalue weighted by molar-refractivity contribution is -0.146. The molecule has 1 fully saturated rings. The normalized spacial score (nSPS) is 17.0. The molecule has 1 atom stereocenters. The number of rotatable bonds is 10. The van der Waals surface area contributed by atoms with Crippen LogP contribution in [-0.4, -0.2) is 67.2 Å². The van der Waals surface area contributed by atoms with Gasteiger partial charge in [-0.25, -0.2) is 4.79 Å². The van der Waals surface area contributed by atoms with E-state index < -0.39 is 23.8 Å². The zero-order chi connectivity index (χ0) is 19.6. The number of ether oxygens (including phenoxy) is 3. The van der Waals surface area contributed by atoms with Gasteiger partial charge in [-0.3, -0.25) is 9.59 Å². The first-order valence-corrected chi connectivity index (χ1v) is 8.46. The van der Waals surface area contributed by atoms with Gasteiger partial charge in [0.15, 0.2) is 0 Å². The number of carboxylic acid groups (broad SMARTS) is 1. The third kappa shape index (κ3) is 5.87. The third-order valence-corrected chi connectivity index (χ3v) is 3.94. The molecule has 9 heteroatoms. The minimum absolute atomic E-state index is 0.00879. The van der Waals surface area contributed by atoms with Crippen LogP contribution in [0.4, 0.5) is 4.79 Å². The van der Waals surface area contributed by atoms with E-state index in [1.165, 1.54) is 0 Å². The average molecular weight is 379 g/mol. The maximum atomic E-state index is 12.2. The minimum Gasteiger partial charge on any atom is -0.491 e. The molecule has 1 aromatic carbocycles. The largest absolute Gasteiger partial charge is 0.491 e. The standard InChI is InChI=1S/C18H21NO8/c20-7-8-25-9-10-26-11-12-27-14-3-1-13(2-4-14)15-5-6-16(21)19(17(15)22)18(23)24/h1-4,7,15H,5-6,8-12H2,(H,23,24). The van der Waals surface area contributed by atoms with Crippen LogP contribution in [-0.2, 0) is 23.9 Å². The zero-order valence-corrected chi connectivity index (χ0v) is 14.7. The number of likely N-dealkylation sites (tertiary alicyclic amines) is 1. The Hall–Kier alpha value is -2.78. The van der Waals surface area contributed by atoms with Crippen molar-refractivity contribution in [2.24, 2.45) is 0 Å². The molecule has 1 N–H and O–H groups in total. The summed E-state index contributed by atoms with van der Waals surface area (Å²) in [6.07, 6.45) is -0.590. The average Bonchev–Trinajstić information content (AvgIpc) is 2.64. The Kier molecular flexibility index (Phi) is 7.90. The number of amides is 3. The van der Waals surface area contributed by atoms with Gasteiger partial charge in [0.05, 0.1) is 25.7 Å². The number of benzene rings is 1. The Morgan fingerprint density at radius 1 is 1.11 bits per heavy atom. The van der Waals surface area contributed by atoms with Gasteiger partial charge in [0.1, 0.15) is 25.2 Å². The molecule has 3 amide bonds. The zero-order valence-electron chi connectivity index (χ0n) is 14.7. The van der Waals surface area contributed by atoms with Gasteiger partial charge in [-0.05, 0) is 24.1 Å². The maximum Gasteiger partial charge on any atom is 0.421 e. The quantitative estimate of drug-likeness (QED) is 0.366. The van der Waals surface area contributed by atoms with Crippen LogP contribution >= 0.6 is 0 Å². The number of imide groups is 3. The first kappa shape index (κ1) is 20.5. The molecule has 1 aliphatic heterocycles. The van der Waals surface area contributed by atoms with Crippen molar-refractivity contribution in [3.05, 3.63) is 29.8 Å². The first-order valence-electron chi connectivity index (χ1n) is 8.46. The van der Waals surface area contributed by atoms with Crippen molar-refractivity contribution in [3.8, 4) is 5.75 Å². The van der Waals surface area contributed by atoms with Crippen LogP contribution in [0.25, 0.3) is 0 Å². The molecule has 0 aliphatic carbocycles. The highest BCUT2D eigenvalue weighted by Gasteiger charge is 2.39. The van der Waals surface area contributed by atoms with Gasteiger partial charge in [0.2, 0.25) is 11.8 Å². The monoisotopic (exact) mass is 379 g/mol. The molecule has 1 saturated heterocycles. The summed E-state index contributed by atoms with van der Waals surface area (Å²) in [5.74, 6) is -1.51. The van der Waals surface area contributed by atoms with Gasteiger partial charge < -0.3 is 24.1 Å². The summed E-state index contributed by atoms with van der Waals surface area (Å²) < 4.78 is 15.7. The molecule has 0 aromatic heterocycles. The lowest BCUT2D eigenvalue weighted by atomic mass is 9.89. The van der Waals surface area contributed by atoms with Crippen molar-refractivity contribution in [2.75, 3.05) is 33.0 Å². The molecule has 1 aromatic rings. The number of nitrogens with zero attached hydrogens (tertiary/aromatic N) is 1. The van der Waals surface area contributed by atoms with E-state index in [1.54, 1.807) is 24.3 Å². The Labute approximate surface area is 155 Å². The molecule has 27 heavy (non-hydrogen) atoms. The first-order chi connectivity index (χ1) is 13.0. The van der Waals surface area contributed by atoms with Crippen molar-refractivity contribution in [1.29, 1.82) is 0 Å². The van der Waals surface area contributed by atoms with Crippen LogP contribution in [0.3, 0.4) is 0 Å². The molecular formula is C18H21NO8. The molecule has 0 bridgehead atoms. The van der Waals surface area contributed by atoms with Crippen LogP contribution in [0.2, 0.25) is 0 Å². The van der Waals surface area contributed by atoms with Crippen LogP contribution in [0, 0.1) is 0 Å². The van der Waals surface area contributed by atoms with Crippen molar-refractivity contribution in [2.45, 2.75) is 18.8 Å². The van der Waals surface area contributed by atoms with Gasteiger partial charge >= 0.3 is 6.09 Å². The molecule has 146 valence electrons. The van der Waals surface area contributed by atoms with E-state index in [0.29, 0.717) is 44.0 Å². The number of piperidine rings is 1. The summed E-state index contributed by atoms with van der Waals surface area (Å²) in [5.41, 5.74) is 0.634. The molecule has 1 unspecified atom stereocenters. The fourth-order valence-corrected chi connectivity index (χ4v) is 2.66. The number of carbonyl (C=O) groups is 4. The summed E-state index contributed by atoms with van der Waals surface area (Å²) in [4.78, 5) is 45.3. The van der Waals surface area contributed by atoms with E-state index in [9.17, 15) is 19.2 Å². The van der Waals surface area contributed by atoms with E-state index in [0.717, 1.165) is 0 Å². The summed E-state index contributed by atoms with van der Waals surface area (Å²) in [6.45, 7) is 1.41. The highest BCUT2D eigenvalue weighted by molar-refractivity contribution is 6.11. The van der Waals surface area contributed by atoms with Gasteiger partial charge in [-0.1, -0.05) is 12.1 Å². The topological polar surface area (TPSA) is 119 Å². The van der Waals surface area contributed by atoms with Gasteiger partial charge in [0.25, 0.3) is 0 Å². The lowest BCUT2D eigenvalue weighted by Crippen LogP contribution is -2.47. The summed E-state index contributed by atoms with van der Waals surface area (Å²) >= 11 is 0.